The van der Waals surface area contributed by atoms with Crippen molar-refractivity contribution in [1.82, 2.24) is 14.8 Å². The van der Waals surface area contributed by atoms with E-state index in [1.807, 2.05) is 0 Å². The number of amides is 2. The summed E-state index contributed by atoms with van der Waals surface area (Å²) in [6.45, 7) is 0.791. The molecule has 2 amide bonds. The van der Waals surface area contributed by atoms with E-state index >= 15 is 0 Å². The van der Waals surface area contributed by atoms with Gasteiger partial charge in [-0.25, -0.2) is 13.6 Å². The van der Waals surface area contributed by atoms with Crippen molar-refractivity contribution in [3.05, 3.63) is 70.6 Å². The van der Waals surface area contributed by atoms with E-state index in [2.05, 4.69) is 5.32 Å². The second-order valence-corrected chi connectivity index (χ2v) is 8.67. The Balaban J connectivity index is 1.47. The van der Waals surface area contributed by atoms with Crippen molar-refractivity contribution >= 4 is 40.3 Å². The minimum atomic E-state index is -1.82. The number of alkyl halides is 1. The number of hydrogen-bond acceptors (Lipinski definition) is 5. The molecule has 4 rings (SSSR count). The van der Waals surface area contributed by atoms with Crippen LogP contribution in [0.3, 0.4) is 0 Å². The van der Waals surface area contributed by atoms with E-state index in [0.29, 0.717) is 16.5 Å². The van der Waals surface area contributed by atoms with Crippen molar-refractivity contribution in [2.45, 2.75) is 38.5 Å². The average Bonchev–Trinajstić information content (AvgIpc) is 3.33. The number of Topliss-reactive ketones (excluding diaryl/α,β-unsaturated/α-hetero) is 1. The van der Waals surface area contributed by atoms with Gasteiger partial charge in [0, 0.05) is 41.3 Å². The van der Waals surface area contributed by atoms with Gasteiger partial charge < -0.3 is 25.3 Å². The fourth-order valence-corrected chi connectivity index (χ4v) is 4.28. The number of alkyl carbamates (subject to hydrolysis) is 1. The molecule has 8 nitrogen and oxygen atoms in total. The highest BCUT2D eigenvalue weighted by Gasteiger charge is 2.45. The third kappa shape index (κ3) is 4.98. The fraction of sp³-hybridized carbons (Fsp3) is 0.292. The lowest BCUT2D eigenvalue weighted by molar-refractivity contribution is -0.140. The zero-order valence-corrected chi connectivity index (χ0v) is 19.5. The van der Waals surface area contributed by atoms with Gasteiger partial charge in [-0.2, -0.15) is 0 Å². The fourth-order valence-electron chi connectivity index (χ4n) is 4.09. The lowest BCUT2D eigenvalue weighted by Crippen LogP contribution is -2.45. The molecule has 0 saturated carbocycles. The number of ether oxygens (including phenoxy) is 1. The van der Waals surface area contributed by atoms with Crippen LogP contribution in [0, 0.1) is 5.82 Å². The van der Waals surface area contributed by atoms with Gasteiger partial charge in [0.25, 0.3) is 0 Å². The molecule has 1 aromatic heterocycles. The maximum absolute atomic E-state index is 14.8. The number of halogens is 3. The molecule has 2 heterocycles. The highest BCUT2D eigenvalue weighted by molar-refractivity contribution is 6.30. The molecule has 11 heteroatoms. The molecule has 184 valence electrons. The van der Waals surface area contributed by atoms with Crippen LogP contribution in [0.2, 0.25) is 5.02 Å². The number of nitrogens with zero attached hydrogens (tertiary/aromatic N) is 2. The zero-order valence-electron chi connectivity index (χ0n) is 18.7. The number of para-hydroxylation sites is 1. The van der Waals surface area contributed by atoms with Crippen molar-refractivity contribution in [1.29, 1.82) is 0 Å². The predicted molar refractivity (Wildman–Crippen MR) is 125 cm³/mol. The van der Waals surface area contributed by atoms with Crippen LogP contribution < -0.4 is 11.1 Å². The zero-order chi connectivity index (χ0) is 25.3. The summed E-state index contributed by atoms with van der Waals surface area (Å²) in [4.78, 5) is 38.5. The Morgan fingerprint density at radius 1 is 1.20 bits per heavy atom. The van der Waals surface area contributed by atoms with E-state index in [0.717, 1.165) is 4.90 Å². The number of nitrogens with two attached hydrogens (primary N) is 1. The summed E-state index contributed by atoms with van der Waals surface area (Å²) in [5, 5.41) is 2.91. The third-order valence-electron chi connectivity index (χ3n) is 5.87. The van der Waals surface area contributed by atoms with Gasteiger partial charge in [0.05, 0.1) is 11.1 Å². The largest absolute Gasteiger partial charge is 0.422 e. The van der Waals surface area contributed by atoms with Crippen molar-refractivity contribution in [2.75, 3.05) is 6.54 Å². The van der Waals surface area contributed by atoms with Gasteiger partial charge in [-0.15, -0.1) is 0 Å². The van der Waals surface area contributed by atoms with Gasteiger partial charge >= 0.3 is 6.09 Å². The second-order valence-electron chi connectivity index (χ2n) is 8.26. The molecule has 0 unspecified atom stereocenters. The number of nitrogens with one attached hydrogen (secondary N) is 1. The lowest BCUT2D eigenvalue weighted by atomic mass is 10.1. The number of likely N-dealkylation sites (tertiary alicyclic amines) is 1. The molecule has 0 spiro atoms. The first-order valence-corrected chi connectivity index (χ1v) is 11.2. The monoisotopic (exact) mass is 504 g/mol. The Hall–Kier alpha value is -3.50. The normalized spacial score (nSPS) is 19.7. The van der Waals surface area contributed by atoms with Crippen LogP contribution >= 0.6 is 11.6 Å². The molecular formula is C24H23ClF2N4O4. The first-order valence-electron chi connectivity index (χ1n) is 10.8. The third-order valence-corrected chi connectivity index (χ3v) is 6.16. The first-order chi connectivity index (χ1) is 16.7. The maximum atomic E-state index is 14.8. The van der Waals surface area contributed by atoms with Gasteiger partial charge in [0.2, 0.25) is 12.1 Å². The van der Waals surface area contributed by atoms with Crippen LogP contribution in [0.15, 0.2) is 48.7 Å². The molecule has 0 bridgehead atoms. The molecule has 2 aromatic carbocycles. The van der Waals surface area contributed by atoms with E-state index in [-0.39, 0.29) is 36.0 Å². The molecule has 0 aliphatic carbocycles. The minimum Gasteiger partial charge on any atom is -0.422 e. The molecule has 1 saturated heterocycles. The summed E-state index contributed by atoms with van der Waals surface area (Å²) < 4.78 is 35.6. The van der Waals surface area contributed by atoms with Crippen molar-refractivity contribution in [3.8, 4) is 0 Å². The van der Waals surface area contributed by atoms with Gasteiger partial charge in [0.1, 0.15) is 12.4 Å². The number of rotatable bonds is 6. The highest BCUT2D eigenvalue weighted by atomic mass is 35.5. The van der Waals surface area contributed by atoms with Crippen LogP contribution in [0.4, 0.5) is 13.6 Å². The van der Waals surface area contributed by atoms with E-state index in [9.17, 15) is 23.2 Å². The Kier molecular flexibility index (Phi) is 7.04. The second kappa shape index (κ2) is 10.0. The molecule has 1 aliphatic rings. The summed E-state index contributed by atoms with van der Waals surface area (Å²) in [5.41, 5.74) is 7.03. The molecule has 0 radical (unpaired) electrons. The van der Waals surface area contributed by atoms with E-state index in [1.165, 1.54) is 25.1 Å². The number of benzene rings is 2. The van der Waals surface area contributed by atoms with Gasteiger partial charge in [0.15, 0.2) is 12.0 Å². The molecular weight excluding hydrogens is 482 g/mol. The number of aromatic nitrogens is 1. The number of carbonyl (C=O) groups excluding carboxylic acids is 3. The molecule has 1 aliphatic heterocycles. The quantitative estimate of drug-likeness (QED) is 0.500. The van der Waals surface area contributed by atoms with Gasteiger partial charge in [-0.05, 0) is 19.1 Å². The standard InChI is InChI=1S/C24H23ClF2N4O4/c1-13(32)16-10-30(19-8-3-2-6-15(16)19)12-20(33)31-11-18(28)22(27)23(31)35-24(34)29-9-14-5-4-7-17(25)21(14)26/h2-8,10,18,22-23H,9,11-12,28H2,1H3,(H,29,34)/t18-,22+,23-/m1/s1. The smallest absolute Gasteiger partial charge is 0.409 e. The summed E-state index contributed by atoms with van der Waals surface area (Å²) in [6, 6.07) is 10.3. The van der Waals surface area contributed by atoms with Crippen molar-refractivity contribution < 1.29 is 27.9 Å². The van der Waals surface area contributed by atoms with Crippen molar-refractivity contribution in [2.24, 2.45) is 5.73 Å². The lowest BCUT2D eigenvalue weighted by Gasteiger charge is -2.25. The van der Waals surface area contributed by atoms with E-state index in [4.69, 9.17) is 22.1 Å². The summed E-state index contributed by atoms with van der Waals surface area (Å²) in [5.74, 6) is -1.40. The van der Waals surface area contributed by atoms with Gasteiger partial charge in [-0.3, -0.25) is 9.59 Å². The number of hydrogen-bond donors (Lipinski definition) is 2. The van der Waals surface area contributed by atoms with Gasteiger partial charge in [-0.1, -0.05) is 41.9 Å². The summed E-state index contributed by atoms with van der Waals surface area (Å²) >= 11 is 5.73. The van der Waals surface area contributed by atoms with E-state index in [1.54, 1.807) is 35.0 Å². The van der Waals surface area contributed by atoms with Crippen LogP contribution in [0.1, 0.15) is 22.8 Å². The summed E-state index contributed by atoms with van der Waals surface area (Å²) in [7, 11) is 0. The number of carbonyl (C=O) groups is 3. The van der Waals surface area contributed by atoms with Crippen LogP contribution in [0.5, 0.6) is 0 Å². The molecule has 3 aromatic rings. The van der Waals surface area contributed by atoms with E-state index < -0.39 is 36.3 Å². The molecule has 35 heavy (non-hydrogen) atoms. The maximum Gasteiger partial charge on any atom is 0.409 e. The Bertz CT molecular complexity index is 1300. The predicted octanol–water partition coefficient (Wildman–Crippen LogP) is 3.40. The van der Waals surface area contributed by atoms with Crippen LogP contribution in [-0.4, -0.2) is 52.2 Å². The molecule has 3 N–H and O–H groups in total. The average molecular weight is 505 g/mol. The summed E-state index contributed by atoms with van der Waals surface area (Å²) in [6.07, 6.45) is -2.86. The topological polar surface area (TPSA) is 107 Å². The Morgan fingerprint density at radius 2 is 1.94 bits per heavy atom. The highest BCUT2D eigenvalue weighted by Crippen LogP contribution is 2.25. The molecule has 3 atom stereocenters. The first kappa shape index (κ1) is 24.6. The minimum absolute atomic E-state index is 0.106. The number of ketones is 1. The SMILES string of the molecule is CC(=O)c1cn(CC(=O)N2C[C@@H](N)[C@H](F)[C@H]2OC(=O)NCc2cccc(Cl)c2F)c2ccccc12. The van der Waals surface area contributed by atoms with Crippen LogP contribution in [0.25, 0.3) is 10.9 Å². The van der Waals surface area contributed by atoms with Crippen molar-refractivity contribution in [3.63, 3.8) is 0 Å². The molecule has 1 fully saturated rings. The Morgan fingerprint density at radius 3 is 2.69 bits per heavy atom. The van der Waals surface area contributed by atoms with Crippen LogP contribution in [-0.2, 0) is 22.6 Å². The Labute approximate surface area is 204 Å². The number of fused-ring (bicyclic) bond motifs is 1.